The lowest BCUT2D eigenvalue weighted by atomic mass is 10.0. The van der Waals surface area contributed by atoms with Gasteiger partial charge >= 0.3 is 17.9 Å². The number of esters is 3. The predicted molar refractivity (Wildman–Crippen MR) is 307 cm³/mol. The van der Waals surface area contributed by atoms with Crippen LogP contribution >= 0.6 is 0 Å². The Hall–Kier alpha value is -3.15. The standard InChI is InChI=1S/C65H114O6/c1-4-7-10-13-15-17-19-21-23-25-27-29-31-32-34-35-37-39-41-43-45-47-49-52-55-58-64(67)70-61-62(60-69-63(66)57-54-51-12-9-6-3)71-65(68)59-56-53-50-48-46-44-42-40-38-36-33-30-28-26-24-22-20-18-16-14-11-8-5-2/h8,11,16,18-19,21-22,24-25,27-28,30,62H,4-7,9-10,12-15,17,20,23,26,29,31-61H2,1-3H3/b11-8-,18-16-,21-19-,24-22-,27-25-,30-28-. The van der Waals surface area contributed by atoms with Crippen molar-refractivity contribution in [1.29, 1.82) is 0 Å². The maximum Gasteiger partial charge on any atom is 0.306 e. The van der Waals surface area contributed by atoms with Gasteiger partial charge < -0.3 is 14.2 Å². The third-order valence-electron chi connectivity index (χ3n) is 13.2. The molecule has 0 fully saturated rings. The van der Waals surface area contributed by atoms with Gasteiger partial charge in [0, 0.05) is 19.3 Å². The molecule has 6 nitrogen and oxygen atoms in total. The van der Waals surface area contributed by atoms with Crippen LogP contribution < -0.4 is 0 Å². The monoisotopic (exact) mass is 991 g/mol. The molecule has 0 aromatic heterocycles. The molecular weight excluding hydrogens is 877 g/mol. The zero-order valence-electron chi connectivity index (χ0n) is 47.0. The lowest BCUT2D eigenvalue weighted by Crippen LogP contribution is -2.30. The number of carbonyl (C=O) groups excluding carboxylic acids is 3. The molecule has 410 valence electrons. The van der Waals surface area contributed by atoms with Crippen LogP contribution in [-0.4, -0.2) is 37.2 Å². The average Bonchev–Trinajstić information content (AvgIpc) is 3.37. The summed E-state index contributed by atoms with van der Waals surface area (Å²) in [6.45, 7) is 6.46. The highest BCUT2D eigenvalue weighted by molar-refractivity contribution is 5.71. The van der Waals surface area contributed by atoms with Crippen molar-refractivity contribution in [1.82, 2.24) is 0 Å². The number of hydrogen-bond donors (Lipinski definition) is 0. The second-order valence-electron chi connectivity index (χ2n) is 20.2. The van der Waals surface area contributed by atoms with E-state index in [9.17, 15) is 14.4 Å². The Balaban J connectivity index is 4.06. The molecule has 1 atom stereocenters. The van der Waals surface area contributed by atoms with E-state index in [1.54, 1.807) is 0 Å². The minimum Gasteiger partial charge on any atom is -0.462 e. The maximum atomic E-state index is 12.8. The summed E-state index contributed by atoms with van der Waals surface area (Å²) in [5.74, 6) is -0.885. The Morgan fingerprint density at radius 2 is 0.549 bits per heavy atom. The Labute approximate surface area is 440 Å². The molecule has 0 aromatic rings. The summed E-state index contributed by atoms with van der Waals surface area (Å²) in [6.07, 6.45) is 76.6. The number of ether oxygens (including phenoxy) is 3. The summed E-state index contributed by atoms with van der Waals surface area (Å²) in [6, 6.07) is 0. The molecule has 0 rings (SSSR count). The van der Waals surface area contributed by atoms with E-state index in [1.807, 2.05) is 0 Å². The molecule has 0 aliphatic rings. The molecule has 0 saturated heterocycles. The summed E-state index contributed by atoms with van der Waals surface area (Å²) in [5.41, 5.74) is 0. The Morgan fingerprint density at radius 3 is 0.859 bits per heavy atom. The first-order valence-electron chi connectivity index (χ1n) is 30.4. The summed E-state index contributed by atoms with van der Waals surface area (Å²) >= 11 is 0. The topological polar surface area (TPSA) is 78.9 Å². The van der Waals surface area contributed by atoms with E-state index in [4.69, 9.17) is 14.2 Å². The zero-order valence-corrected chi connectivity index (χ0v) is 47.0. The van der Waals surface area contributed by atoms with E-state index < -0.39 is 6.10 Å². The fraction of sp³-hybridized carbons (Fsp3) is 0.769. The van der Waals surface area contributed by atoms with E-state index in [1.165, 1.54) is 167 Å². The van der Waals surface area contributed by atoms with E-state index in [0.717, 1.165) is 96.3 Å². The first-order valence-corrected chi connectivity index (χ1v) is 30.4. The van der Waals surface area contributed by atoms with Gasteiger partial charge in [0.2, 0.25) is 0 Å². The largest absolute Gasteiger partial charge is 0.462 e. The van der Waals surface area contributed by atoms with Crippen molar-refractivity contribution >= 4 is 17.9 Å². The van der Waals surface area contributed by atoms with Crippen LogP contribution in [0.25, 0.3) is 0 Å². The number of carbonyl (C=O) groups is 3. The molecule has 0 bridgehead atoms. The minimum absolute atomic E-state index is 0.0758. The van der Waals surface area contributed by atoms with Gasteiger partial charge in [0.1, 0.15) is 13.2 Å². The van der Waals surface area contributed by atoms with Crippen LogP contribution in [0.1, 0.15) is 303 Å². The van der Waals surface area contributed by atoms with Crippen LogP contribution in [0.4, 0.5) is 0 Å². The molecule has 6 heteroatoms. The van der Waals surface area contributed by atoms with Crippen LogP contribution in [0.5, 0.6) is 0 Å². The molecule has 1 unspecified atom stereocenters. The van der Waals surface area contributed by atoms with Gasteiger partial charge in [0.05, 0.1) is 0 Å². The lowest BCUT2D eigenvalue weighted by molar-refractivity contribution is -0.167. The quantitative estimate of drug-likeness (QED) is 0.0261. The van der Waals surface area contributed by atoms with Crippen molar-refractivity contribution in [3.05, 3.63) is 72.9 Å². The molecule has 0 N–H and O–H groups in total. The molecule has 0 heterocycles. The van der Waals surface area contributed by atoms with Gasteiger partial charge in [-0.25, -0.2) is 0 Å². The lowest BCUT2D eigenvalue weighted by Gasteiger charge is -2.18. The number of hydrogen-bond acceptors (Lipinski definition) is 6. The Morgan fingerprint density at radius 1 is 0.296 bits per heavy atom. The van der Waals surface area contributed by atoms with Crippen molar-refractivity contribution in [3.8, 4) is 0 Å². The Bertz CT molecular complexity index is 1320. The van der Waals surface area contributed by atoms with Crippen molar-refractivity contribution in [2.24, 2.45) is 0 Å². The summed E-state index contributed by atoms with van der Waals surface area (Å²) < 4.78 is 16.8. The minimum atomic E-state index is -0.774. The van der Waals surface area contributed by atoms with Crippen LogP contribution in [0.15, 0.2) is 72.9 Å². The summed E-state index contributed by atoms with van der Waals surface area (Å²) in [4.78, 5) is 37.9. The van der Waals surface area contributed by atoms with E-state index in [2.05, 4.69) is 93.7 Å². The molecular formula is C65H114O6. The molecule has 0 aliphatic carbocycles. The van der Waals surface area contributed by atoms with E-state index >= 15 is 0 Å². The van der Waals surface area contributed by atoms with Gasteiger partial charge in [-0.1, -0.05) is 267 Å². The number of unbranched alkanes of at least 4 members (excludes halogenated alkanes) is 32. The SMILES string of the molecule is CC/C=C\C/C=C\C/C=C\C/C=C\CCCCCCCCCCCCC(=O)OC(COC(=O)CCCCCCC)COC(=O)CCCCCCCCCCCCCCC/C=C\C/C=C\CCCCCCC. The second-order valence-corrected chi connectivity index (χ2v) is 20.2. The molecule has 0 saturated carbocycles. The zero-order chi connectivity index (χ0) is 51.4. The molecule has 0 aliphatic heterocycles. The van der Waals surface area contributed by atoms with E-state index in [0.29, 0.717) is 19.3 Å². The third kappa shape index (κ3) is 57.6. The van der Waals surface area contributed by atoms with E-state index in [-0.39, 0.29) is 31.1 Å². The fourth-order valence-corrected chi connectivity index (χ4v) is 8.64. The van der Waals surface area contributed by atoms with Crippen LogP contribution in [-0.2, 0) is 28.6 Å². The third-order valence-corrected chi connectivity index (χ3v) is 13.2. The Kier molecular flexibility index (Phi) is 56.8. The van der Waals surface area contributed by atoms with Crippen molar-refractivity contribution < 1.29 is 28.6 Å². The van der Waals surface area contributed by atoms with Gasteiger partial charge in [0.25, 0.3) is 0 Å². The first kappa shape index (κ1) is 67.8. The van der Waals surface area contributed by atoms with Gasteiger partial charge in [-0.05, 0) is 89.9 Å². The first-order chi connectivity index (χ1) is 35.0. The fourth-order valence-electron chi connectivity index (χ4n) is 8.64. The van der Waals surface area contributed by atoms with Crippen molar-refractivity contribution in [3.63, 3.8) is 0 Å². The maximum absolute atomic E-state index is 12.8. The highest BCUT2D eigenvalue weighted by Crippen LogP contribution is 2.16. The number of allylic oxidation sites excluding steroid dienone is 12. The summed E-state index contributed by atoms with van der Waals surface area (Å²) in [7, 11) is 0. The van der Waals surface area contributed by atoms with Crippen LogP contribution in [0, 0.1) is 0 Å². The molecule has 0 aromatic carbocycles. The highest BCUT2D eigenvalue weighted by atomic mass is 16.6. The van der Waals surface area contributed by atoms with Crippen LogP contribution in [0.3, 0.4) is 0 Å². The average molecular weight is 992 g/mol. The second kappa shape index (κ2) is 59.4. The smallest absolute Gasteiger partial charge is 0.306 e. The predicted octanol–water partition coefficient (Wildman–Crippen LogP) is 20.5. The molecule has 0 amide bonds. The molecule has 0 spiro atoms. The van der Waals surface area contributed by atoms with Crippen molar-refractivity contribution in [2.45, 2.75) is 309 Å². The van der Waals surface area contributed by atoms with Gasteiger partial charge in [-0.15, -0.1) is 0 Å². The highest BCUT2D eigenvalue weighted by Gasteiger charge is 2.19. The van der Waals surface area contributed by atoms with Gasteiger partial charge in [-0.3, -0.25) is 14.4 Å². The van der Waals surface area contributed by atoms with Gasteiger partial charge in [0.15, 0.2) is 6.10 Å². The number of rotatable bonds is 55. The molecule has 71 heavy (non-hydrogen) atoms. The summed E-state index contributed by atoms with van der Waals surface area (Å²) in [5, 5.41) is 0. The van der Waals surface area contributed by atoms with Crippen molar-refractivity contribution in [2.75, 3.05) is 13.2 Å². The molecule has 0 radical (unpaired) electrons. The van der Waals surface area contributed by atoms with Gasteiger partial charge in [-0.2, -0.15) is 0 Å². The van der Waals surface area contributed by atoms with Crippen LogP contribution in [0.2, 0.25) is 0 Å². The normalized spacial score (nSPS) is 12.5.